The number of aromatic amines is 1. The highest BCUT2D eigenvalue weighted by Crippen LogP contribution is 2.39. The second-order valence-electron chi connectivity index (χ2n) is 7.09. The molecule has 0 unspecified atom stereocenters. The van der Waals surface area contributed by atoms with Gasteiger partial charge >= 0.3 is 5.69 Å². The van der Waals surface area contributed by atoms with Crippen molar-refractivity contribution in [3.8, 4) is 27.9 Å². The van der Waals surface area contributed by atoms with Crippen molar-refractivity contribution in [2.45, 2.75) is 6.92 Å². The van der Waals surface area contributed by atoms with E-state index in [-0.39, 0.29) is 15.5 Å². The van der Waals surface area contributed by atoms with Crippen LogP contribution in [0, 0.1) is 24.1 Å². The van der Waals surface area contributed by atoms with Crippen LogP contribution in [0.3, 0.4) is 0 Å². The number of pyridine rings is 1. The first-order valence-electron chi connectivity index (χ1n) is 9.44. The van der Waals surface area contributed by atoms with Crippen LogP contribution >= 0.6 is 34.3 Å². The van der Waals surface area contributed by atoms with Gasteiger partial charge < -0.3 is 9.72 Å². The molecule has 0 saturated heterocycles. The molecule has 4 heterocycles. The molecule has 5 aromatic rings. The second-order valence-corrected chi connectivity index (χ2v) is 9.60. The zero-order valence-corrected chi connectivity index (χ0v) is 19.4. The number of fused-ring (bicyclic) bond motifs is 2. The molecule has 0 aliphatic rings. The number of halogens is 2. The Morgan fingerprint density at radius 2 is 2.03 bits per heavy atom. The second kappa shape index (κ2) is 7.81. The van der Waals surface area contributed by atoms with Gasteiger partial charge in [0.15, 0.2) is 11.6 Å². The van der Waals surface area contributed by atoms with Crippen molar-refractivity contribution in [2.24, 2.45) is 0 Å². The summed E-state index contributed by atoms with van der Waals surface area (Å²) in [6.45, 7) is 1.77. The number of nitrogens with zero attached hydrogens (tertiary/aromatic N) is 3. The Labute approximate surface area is 197 Å². The molecule has 1 aromatic carbocycles. The van der Waals surface area contributed by atoms with E-state index in [1.54, 1.807) is 19.2 Å². The van der Waals surface area contributed by atoms with Crippen molar-refractivity contribution in [3.63, 3.8) is 0 Å². The number of hydrogen-bond acceptors (Lipinski definition) is 7. The monoisotopic (exact) mass is 498 g/mol. The summed E-state index contributed by atoms with van der Waals surface area (Å²) in [5, 5.41) is 10.2. The van der Waals surface area contributed by atoms with Gasteiger partial charge in [-0.3, -0.25) is 9.78 Å². The zero-order chi connectivity index (χ0) is 23.4. The molecule has 164 valence electrons. The molecule has 0 amide bonds. The summed E-state index contributed by atoms with van der Waals surface area (Å²) in [6.07, 6.45) is 3.03. The van der Waals surface area contributed by atoms with E-state index < -0.39 is 17.1 Å². The van der Waals surface area contributed by atoms with E-state index in [1.165, 1.54) is 30.7 Å². The molecule has 0 aliphatic heterocycles. The van der Waals surface area contributed by atoms with Gasteiger partial charge in [-0.15, -0.1) is 22.7 Å². The fourth-order valence-corrected chi connectivity index (χ4v) is 6.07. The van der Waals surface area contributed by atoms with Crippen molar-refractivity contribution in [3.05, 3.63) is 72.7 Å². The first-order valence-corrected chi connectivity index (χ1v) is 11.4. The van der Waals surface area contributed by atoms with E-state index in [2.05, 4.69) is 16.0 Å². The lowest BCUT2D eigenvalue weighted by molar-refractivity contribution is 0.387. The molecule has 4 aromatic heterocycles. The number of nitriles is 1. The highest BCUT2D eigenvalue weighted by molar-refractivity contribution is 7.22. The van der Waals surface area contributed by atoms with Crippen LogP contribution in [-0.2, 0) is 0 Å². The summed E-state index contributed by atoms with van der Waals surface area (Å²) in [7, 11) is 1.34. The maximum Gasteiger partial charge on any atom is 0.333 e. The standard InChI is InChI=1S/C22H12ClFN4O3S2/c1-9-17(6-25)32-18-8-26-7-14(19(9)18)28-21(29)20-13(27-22(28)30)5-16(33-20)10-3-15(31-2)12(24)4-11(10)23/h3-5,7-8H,1-2H3,(H,27,30). The zero-order valence-electron chi connectivity index (χ0n) is 17.0. The Balaban J connectivity index is 1.78. The van der Waals surface area contributed by atoms with Crippen LogP contribution in [0.4, 0.5) is 4.39 Å². The Hall–Kier alpha value is -3.52. The van der Waals surface area contributed by atoms with Crippen LogP contribution in [0.1, 0.15) is 10.4 Å². The molecule has 0 fully saturated rings. The minimum atomic E-state index is -0.641. The van der Waals surface area contributed by atoms with Gasteiger partial charge in [0, 0.05) is 22.0 Å². The highest BCUT2D eigenvalue weighted by Gasteiger charge is 2.20. The SMILES string of the molecule is COc1cc(-c2cc3[nH]c(=O)n(-c4cncc5sc(C#N)c(C)c45)c(=O)c3s2)c(Cl)cc1F. The predicted octanol–water partition coefficient (Wildman–Crippen LogP) is 5.00. The third kappa shape index (κ3) is 3.24. The van der Waals surface area contributed by atoms with Crippen LogP contribution in [0.15, 0.2) is 40.2 Å². The van der Waals surface area contributed by atoms with Gasteiger partial charge in [-0.2, -0.15) is 5.26 Å². The van der Waals surface area contributed by atoms with Crippen LogP contribution < -0.4 is 16.0 Å². The number of aryl methyl sites for hydroxylation is 1. The first kappa shape index (κ1) is 21.3. The molecule has 0 atom stereocenters. The molecular formula is C22H12ClFN4O3S2. The molecule has 0 spiro atoms. The van der Waals surface area contributed by atoms with E-state index in [0.717, 1.165) is 22.0 Å². The maximum absolute atomic E-state index is 14.0. The van der Waals surface area contributed by atoms with Gasteiger partial charge in [0.05, 0.1) is 34.2 Å². The topological polar surface area (TPSA) is 101 Å². The number of hydrogen-bond donors (Lipinski definition) is 1. The molecular weight excluding hydrogens is 487 g/mol. The highest BCUT2D eigenvalue weighted by atomic mass is 35.5. The molecule has 0 radical (unpaired) electrons. The number of thiophene rings is 2. The third-order valence-electron chi connectivity index (χ3n) is 5.24. The summed E-state index contributed by atoms with van der Waals surface area (Å²) in [5.41, 5.74) is 0.608. The van der Waals surface area contributed by atoms with Gasteiger partial charge in [-0.1, -0.05) is 11.6 Å². The fourth-order valence-electron chi connectivity index (χ4n) is 3.69. The molecule has 33 heavy (non-hydrogen) atoms. The van der Waals surface area contributed by atoms with Gasteiger partial charge in [0.1, 0.15) is 15.6 Å². The number of rotatable bonds is 3. The first-order chi connectivity index (χ1) is 15.8. The van der Waals surface area contributed by atoms with E-state index in [0.29, 0.717) is 42.2 Å². The lowest BCUT2D eigenvalue weighted by atomic mass is 10.1. The summed E-state index contributed by atoms with van der Waals surface area (Å²) in [6, 6.07) is 6.34. The summed E-state index contributed by atoms with van der Waals surface area (Å²) in [4.78, 5) is 34.3. The van der Waals surface area contributed by atoms with Crippen molar-refractivity contribution < 1.29 is 9.13 Å². The van der Waals surface area contributed by atoms with Crippen molar-refractivity contribution in [1.82, 2.24) is 14.5 Å². The largest absolute Gasteiger partial charge is 0.494 e. The predicted molar refractivity (Wildman–Crippen MR) is 128 cm³/mol. The fraction of sp³-hybridized carbons (Fsp3) is 0.0909. The molecule has 5 rings (SSSR count). The molecule has 0 bridgehead atoms. The molecule has 0 aliphatic carbocycles. The number of aromatic nitrogens is 3. The minimum absolute atomic E-state index is 0.0109. The lowest BCUT2D eigenvalue weighted by Crippen LogP contribution is -2.33. The summed E-state index contributed by atoms with van der Waals surface area (Å²) < 4.78 is 21.0. The quantitative estimate of drug-likeness (QED) is 0.377. The van der Waals surface area contributed by atoms with Gasteiger partial charge in [-0.25, -0.2) is 13.8 Å². The number of ether oxygens (including phenoxy) is 1. The Bertz CT molecular complexity index is 1760. The van der Waals surface area contributed by atoms with Gasteiger partial charge in [0.25, 0.3) is 5.56 Å². The molecule has 11 heteroatoms. The number of nitrogens with one attached hydrogen (secondary N) is 1. The van der Waals surface area contributed by atoms with Crippen LogP contribution in [0.25, 0.3) is 36.4 Å². The van der Waals surface area contributed by atoms with E-state index >= 15 is 0 Å². The van der Waals surface area contributed by atoms with E-state index in [9.17, 15) is 19.2 Å². The van der Waals surface area contributed by atoms with Crippen molar-refractivity contribution >= 4 is 54.6 Å². The van der Waals surface area contributed by atoms with Gasteiger partial charge in [0.2, 0.25) is 0 Å². The van der Waals surface area contributed by atoms with E-state index in [4.69, 9.17) is 16.3 Å². The number of H-pyrrole nitrogens is 1. The van der Waals surface area contributed by atoms with Gasteiger partial charge in [-0.05, 0) is 30.7 Å². The third-order valence-corrected chi connectivity index (χ3v) is 7.84. The Morgan fingerprint density at radius 3 is 2.76 bits per heavy atom. The normalized spacial score (nSPS) is 11.2. The smallest absolute Gasteiger partial charge is 0.333 e. The van der Waals surface area contributed by atoms with Crippen LogP contribution in [0.5, 0.6) is 5.75 Å². The van der Waals surface area contributed by atoms with Crippen LogP contribution in [-0.4, -0.2) is 21.6 Å². The average molecular weight is 499 g/mol. The molecule has 7 nitrogen and oxygen atoms in total. The minimum Gasteiger partial charge on any atom is -0.494 e. The number of benzene rings is 1. The van der Waals surface area contributed by atoms with E-state index in [1.807, 2.05) is 0 Å². The summed E-state index contributed by atoms with van der Waals surface area (Å²) in [5.74, 6) is -0.594. The summed E-state index contributed by atoms with van der Waals surface area (Å²) >= 11 is 8.61. The van der Waals surface area contributed by atoms with Crippen LogP contribution in [0.2, 0.25) is 5.02 Å². The molecule has 0 saturated carbocycles. The Kier molecular flexibility index (Phi) is 5.05. The average Bonchev–Trinajstić information content (AvgIpc) is 3.35. The van der Waals surface area contributed by atoms with Crippen molar-refractivity contribution in [1.29, 1.82) is 5.26 Å². The molecule has 1 N–H and O–H groups in total. The maximum atomic E-state index is 14.0. The Morgan fingerprint density at radius 1 is 1.24 bits per heavy atom. The van der Waals surface area contributed by atoms with Crippen molar-refractivity contribution in [2.75, 3.05) is 7.11 Å². The lowest BCUT2D eigenvalue weighted by Gasteiger charge is -2.06. The number of methoxy groups -OCH3 is 1.